The van der Waals surface area contributed by atoms with Crippen molar-refractivity contribution in [1.82, 2.24) is 4.90 Å². The maximum atomic E-state index is 12.2. The van der Waals surface area contributed by atoms with Crippen molar-refractivity contribution in [3.05, 3.63) is 33.8 Å². The summed E-state index contributed by atoms with van der Waals surface area (Å²) >= 11 is 11.8. The van der Waals surface area contributed by atoms with E-state index in [1.54, 1.807) is 18.2 Å². The Balaban J connectivity index is 2.12. The number of rotatable bonds is 3. The molecular formula is C13H13Cl2NO4. The van der Waals surface area contributed by atoms with E-state index in [0.717, 1.165) is 0 Å². The molecular weight excluding hydrogens is 305 g/mol. The molecule has 7 heteroatoms. The molecule has 1 aromatic rings. The molecule has 2 rings (SSSR count). The lowest BCUT2D eigenvalue weighted by Gasteiger charge is -2.33. The second-order valence-corrected chi connectivity index (χ2v) is 5.27. The number of carboxylic acids is 1. The van der Waals surface area contributed by atoms with Crippen molar-refractivity contribution < 1.29 is 19.4 Å². The van der Waals surface area contributed by atoms with Crippen LogP contribution in [-0.2, 0) is 20.7 Å². The predicted molar refractivity (Wildman–Crippen MR) is 74.1 cm³/mol. The number of ether oxygens (including phenoxy) is 1. The van der Waals surface area contributed by atoms with Gasteiger partial charge in [-0.15, -0.1) is 0 Å². The van der Waals surface area contributed by atoms with Gasteiger partial charge in [0.25, 0.3) is 0 Å². The fourth-order valence-electron chi connectivity index (χ4n) is 2.04. The van der Waals surface area contributed by atoms with Gasteiger partial charge in [0.2, 0.25) is 5.91 Å². The topological polar surface area (TPSA) is 66.8 Å². The molecule has 0 bridgehead atoms. The lowest BCUT2D eigenvalue weighted by Crippen LogP contribution is -2.53. The average Bonchev–Trinajstić information content (AvgIpc) is 2.41. The van der Waals surface area contributed by atoms with Crippen molar-refractivity contribution in [3.8, 4) is 0 Å². The lowest BCUT2D eigenvalue weighted by atomic mass is 10.1. The standard InChI is InChI=1S/C13H13Cl2NO4/c14-9-2-1-8(10(15)6-9)5-12(17)16-3-4-20-7-11(16)13(18)19/h1-2,6,11H,3-5,7H2,(H,18,19). The van der Waals surface area contributed by atoms with Gasteiger partial charge < -0.3 is 14.7 Å². The summed E-state index contributed by atoms with van der Waals surface area (Å²) in [6.45, 7) is 0.611. The van der Waals surface area contributed by atoms with Gasteiger partial charge >= 0.3 is 5.97 Å². The highest BCUT2D eigenvalue weighted by Crippen LogP contribution is 2.22. The Kier molecular flexibility index (Phi) is 4.86. The maximum Gasteiger partial charge on any atom is 0.328 e. The minimum atomic E-state index is -1.07. The fraction of sp³-hybridized carbons (Fsp3) is 0.385. The molecule has 1 aliphatic heterocycles. The number of aliphatic carboxylic acids is 1. The van der Waals surface area contributed by atoms with E-state index in [4.69, 9.17) is 33.0 Å². The van der Waals surface area contributed by atoms with Gasteiger partial charge in [-0.2, -0.15) is 0 Å². The van der Waals surface area contributed by atoms with Gasteiger partial charge in [0.05, 0.1) is 19.6 Å². The molecule has 1 fully saturated rings. The zero-order valence-electron chi connectivity index (χ0n) is 10.5. The van der Waals surface area contributed by atoms with Crippen LogP contribution in [0.25, 0.3) is 0 Å². The number of morpholine rings is 1. The fourth-order valence-corrected chi connectivity index (χ4v) is 2.51. The Morgan fingerprint density at radius 2 is 2.15 bits per heavy atom. The van der Waals surface area contributed by atoms with E-state index < -0.39 is 12.0 Å². The van der Waals surface area contributed by atoms with Crippen LogP contribution in [0.2, 0.25) is 10.0 Å². The van der Waals surface area contributed by atoms with Crippen molar-refractivity contribution >= 4 is 35.1 Å². The summed E-state index contributed by atoms with van der Waals surface area (Å²) in [7, 11) is 0. The number of carbonyl (C=O) groups excluding carboxylic acids is 1. The first-order valence-electron chi connectivity index (χ1n) is 6.03. The van der Waals surface area contributed by atoms with E-state index in [0.29, 0.717) is 22.2 Å². The molecule has 1 heterocycles. The lowest BCUT2D eigenvalue weighted by molar-refractivity contribution is -0.158. The summed E-state index contributed by atoms with van der Waals surface area (Å²) in [5, 5.41) is 9.98. The van der Waals surface area contributed by atoms with Crippen LogP contribution in [0, 0.1) is 0 Å². The molecule has 0 spiro atoms. The van der Waals surface area contributed by atoms with Gasteiger partial charge in [0.15, 0.2) is 6.04 Å². The summed E-state index contributed by atoms with van der Waals surface area (Å²) in [6.07, 6.45) is 0.0415. The average molecular weight is 318 g/mol. The van der Waals surface area contributed by atoms with Crippen LogP contribution in [-0.4, -0.2) is 47.7 Å². The zero-order chi connectivity index (χ0) is 14.7. The number of amides is 1. The Labute approximate surface area is 126 Å². The quantitative estimate of drug-likeness (QED) is 0.923. The number of hydrogen-bond donors (Lipinski definition) is 1. The van der Waals surface area contributed by atoms with Crippen molar-refractivity contribution in [3.63, 3.8) is 0 Å². The van der Waals surface area contributed by atoms with Crippen LogP contribution in [0.4, 0.5) is 0 Å². The Hall–Kier alpha value is -1.30. The zero-order valence-corrected chi connectivity index (χ0v) is 12.0. The molecule has 0 aliphatic carbocycles. The van der Waals surface area contributed by atoms with Gasteiger partial charge in [0, 0.05) is 16.6 Å². The summed E-state index contributed by atoms with van der Waals surface area (Å²) < 4.78 is 5.10. The number of benzene rings is 1. The van der Waals surface area contributed by atoms with E-state index in [9.17, 15) is 9.59 Å². The van der Waals surface area contributed by atoms with Crippen molar-refractivity contribution in [2.75, 3.05) is 19.8 Å². The molecule has 1 amide bonds. The summed E-state index contributed by atoms with van der Waals surface area (Å²) in [4.78, 5) is 24.7. The molecule has 1 aliphatic rings. The highest BCUT2D eigenvalue weighted by Gasteiger charge is 2.32. The number of hydrogen-bond acceptors (Lipinski definition) is 3. The van der Waals surface area contributed by atoms with Crippen LogP contribution in [0.5, 0.6) is 0 Å². The van der Waals surface area contributed by atoms with Crippen LogP contribution in [0.15, 0.2) is 18.2 Å². The van der Waals surface area contributed by atoms with Crippen LogP contribution >= 0.6 is 23.2 Å². The first-order valence-corrected chi connectivity index (χ1v) is 6.78. The Bertz CT molecular complexity index is 535. The first kappa shape index (κ1) is 15.1. The Morgan fingerprint density at radius 1 is 1.40 bits per heavy atom. The van der Waals surface area contributed by atoms with E-state index in [2.05, 4.69) is 0 Å². The van der Waals surface area contributed by atoms with E-state index in [1.807, 2.05) is 0 Å². The molecule has 1 atom stereocenters. The largest absolute Gasteiger partial charge is 0.480 e. The Morgan fingerprint density at radius 3 is 2.80 bits per heavy atom. The van der Waals surface area contributed by atoms with Crippen molar-refractivity contribution in [2.45, 2.75) is 12.5 Å². The molecule has 5 nitrogen and oxygen atoms in total. The van der Waals surface area contributed by atoms with E-state index in [1.165, 1.54) is 4.90 Å². The van der Waals surface area contributed by atoms with Crippen LogP contribution in [0.3, 0.4) is 0 Å². The van der Waals surface area contributed by atoms with E-state index in [-0.39, 0.29) is 25.5 Å². The third-order valence-corrected chi connectivity index (χ3v) is 3.68. The van der Waals surface area contributed by atoms with E-state index >= 15 is 0 Å². The van der Waals surface area contributed by atoms with Gasteiger partial charge in [0.1, 0.15) is 0 Å². The minimum Gasteiger partial charge on any atom is -0.480 e. The predicted octanol–water partition coefficient (Wildman–Crippen LogP) is 1.85. The molecule has 1 unspecified atom stereocenters. The SMILES string of the molecule is O=C(O)C1COCCN1C(=O)Cc1ccc(Cl)cc1Cl. The molecule has 0 aromatic heterocycles. The molecule has 0 radical (unpaired) electrons. The van der Waals surface area contributed by atoms with Gasteiger partial charge in [-0.25, -0.2) is 4.79 Å². The molecule has 20 heavy (non-hydrogen) atoms. The number of nitrogens with zero attached hydrogens (tertiary/aromatic N) is 1. The number of carbonyl (C=O) groups is 2. The molecule has 108 valence electrons. The first-order chi connectivity index (χ1) is 9.49. The molecule has 1 saturated heterocycles. The number of halogens is 2. The molecule has 1 aromatic carbocycles. The van der Waals surface area contributed by atoms with Gasteiger partial charge in [-0.05, 0) is 17.7 Å². The number of carboxylic acid groups (broad SMARTS) is 1. The highest BCUT2D eigenvalue weighted by molar-refractivity contribution is 6.35. The molecule has 1 N–H and O–H groups in total. The summed E-state index contributed by atoms with van der Waals surface area (Å²) in [5.74, 6) is -1.36. The highest BCUT2D eigenvalue weighted by atomic mass is 35.5. The monoisotopic (exact) mass is 317 g/mol. The van der Waals surface area contributed by atoms with Crippen LogP contribution < -0.4 is 0 Å². The third-order valence-electron chi connectivity index (χ3n) is 3.09. The third kappa shape index (κ3) is 3.42. The van der Waals surface area contributed by atoms with Gasteiger partial charge in [-0.3, -0.25) is 4.79 Å². The second kappa shape index (κ2) is 6.43. The normalized spacial score (nSPS) is 18.9. The summed E-state index contributed by atoms with van der Waals surface area (Å²) in [5.41, 5.74) is 0.622. The van der Waals surface area contributed by atoms with Crippen molar-refractivity contribution in [1.29, 1.82) is 0 Å². The summed E-state index contributed by atoms with van der Waals surface area (Å²) in [6, 6.07) is 3.92. The molecule has 0 saturated carbocycles. The minimum absolute atomic E-state index is 0.00935. The van der Waals surface area contributed by atoms with Crippen LogP contribution in [0.1, 0.15) is 5.56 Å². The smallest absolute Gasteiger partial charge is 0.328 e. The maximum absolute atomic E-state index is 12.2. The van der Waals surface area contributed by atoms with Gasteiger partial charge in [-0.1, -0.05) is 29.3 Å². The van der Waals surface area contributed by atoms with Crippen molar-refractivity contribution in [2.24, 2.45) is 0 Å². The second-order valence-electron chi connectivity index (χ2n) is 4.43.